The number of hydrogen-bond acceptors (Lipinski definition) is 4. The Morgan fingerprint density at radius 3 is 2.70 bits per heavy atom. The van der Waals surface area contributed by atoms with Gasteiger partial charge in [0.1, 0.15) is 0 Å². The summed E-state index contributed by atoms with van der Waals surface area (Å²) < 4.78 is 1.54. The molecule has 2 fully saturated rings. The molecule has 4 rings (SSSR count). The highest BCUT2D eigenvalue weighted by Gasteiger charge is 2.44. The van der Waals surface area contributed by atoms with E-state index < -0.39 is 0 Å². The minimum Gasteiger partial charge on any atom is -0.342 e. The van der Waals surface area contributed by atoms with Crippen molar-refractivity contribution in [2.24, 2.45) is 5.41 Å². The molecule has 2 aromatic rings. The molecule has 0 atom stereocenters. The van der Waals surface area contributed by atoms with Crippen LogP contribution in [-0.2, 0) is 4.79 Å². The van der Waals surface area contributed by atoms with E-state index in [2.05, 4.69) is 15.4 Å². The van der Waals surface area contributed by atoms with Crippen molar-refractivity contribution in [3.05, 3.63) is 30.2 Å². The smallest absolute Gasteiger partial charge is 0.272 e. The fourth-order valence-corrected chi connectivity index (χ4v) is 3.21. The molecule has 0 radical (unpaired) electrons. The van der Waals surface area contributed by atoms with Gasteiger partial charge in [-0.25, -0.2) is 9.50 Å². The zero-order valence-corrected chi connectivity index (χ0v) is 12.9. The molecule has 1 N–H and O–H groups in total. The Balaban J connectivity index is 1.33. The second-order valence-corrected chi connectivity index (χ2v) is 6.52. The first-order chi connectivity index (χ1) is 11.2. The van der Waals surface area contributed by atoms with Gasteiger partial charge in [0.2, 0.25) is 5.91 Å². The van der Waals surface area contributed by atoms with Gasteiger partial charge < -0.3 is 10.2 Å². The first kappa shape index (κ1) is 14.2. The lowest BCUT2D eigenvalue weighted by Gasteiger charge is -2.32. The van der Waals surface area contributed by atoms with Crippen molar-refractivity contribution in [3.63, 3.8) is 0 Å². The van der Waals surface area contributed by atoms with Gasteiger partial charge in [-0.15, -0.1) is 0 Å². The Labute approximate surface area is 133 Å². The van der Waals surface area contributed by atoms with Crippen LogP contribution in [-0.4, -0.2) is 50.9 Å². The molecular weight excluding hydrogens is 294 g/mol. The van der Waals surface area contributed by atoms with E-state index in [0.29, 0.717) is 11.1 Å². The number of rotatable bonds is 3. The number of nitrogens with one attached hydrogen (secondary N) is 1. The predicted octanol–water partition coefficient (Wildman–Crippen LogP) is 0.862. The van der Waals surface area contributed by atoms with E-state index in [-0.39, 0.29) is 24.1 Å². The lowest BCUT2D eigenvalue weighted by Crippen LogP contribution is -2.44. The third-order valence-corrected chi connectivity index (χ3v) is 5.00. The van der Waals surface area contributed by atoms with Crippen LogP contribution in [0.2, 0.25) is 0 Å². The summed E-state index contributed by atoms with van der Waals surface area (Å²) in [5.41, 5.74) is 1.42. The minimum atomic E-state index is -0.348. The first-order valence-corrected chi connectivity index (χ1v) is 8.02. The second kappa shape index (κ2) is 5.33. The average Bonchev–Trinajstić information content (AvgIpc) is 3.18. The summed E-state index contributed by atoms with van der Waals surface area (Å²) in [4.78, 5) is 30.3. The third-order valence-electron chi connectivity index (χ3n) is 5.00. The van der Waals surface area contributed by atoms with Crippen molar-refractivity contribution < 1.29 is 9.59 Å². The van der Waals surface area contributed by atoms with Gasteiger partial charge in [0.05, 0.1) is 6.54 Å². The highest BCUT2D eigenvalue weighted by Crippen LogP contribution is 2.53. The van der Waals surface area contributed by atoms with Gasteiger partial charge >= 0.3 is 0 Å². The minimum absolute atomic E-state index is 0.0178. The Morgan fingerprint density at radius 2 is 2.00 bits per heavy atom. The topological polar surface area (TPSA) is 79.6 Å². The maximum atomic E-state index is 12.2. The Hall–Kier alpha value is -2.44. The fraction of sp³-hybridized carbons (Fsp3) is 0.500. The van der Waals surface area contributed by atoms with Gasteiger partial charge in [0.15, 0.2) is 11.3 Å². The average molecular weight is 313 g/mol. The molecule has 1 spiro atoms. The van der Waals surface area contributed by atoms with Crippen LogP contribution in [0.3, 0.4) is 0 Å². The number of amides is 2. The number of hydrogen-bond donors (Lipinski definition) is 1. The molecule has 0 bridgehead atoms. The van der Waals surface area contributed by atoms with Gasteiger partial charge in [0.25, 0.3) is 5.91 Å². The maximum Gasteiger partial charge on any atom is 0.272 e. The van der Waals surface area contributed by atoms with Crippen LogP contribution in [0, 0.1) is 5.41 Å². The molecule has 7 nitrogen and oxygen atoms in total. The quantitative estimate of drug-likeness (QED) is 0.911. The molecule has 2 amide bonds. The van der Waals surface area contributed by atoms with Crippen LogP contribution in [0.5, 0.6) is 0 Å². The Morgan fingerprint density at radius 1 is 1.22 bits per heavy atom. The molecule has 1 aliphatic heterocycles. The van der Waals surface area contributed by atoms with Crippen LogP contribution >= 0.6 is 0 Å². The molecule has 1 saturated heterocycles. The summed E-state index contributed by atoms with van der Waals surface area (Å²) >= 11 is 0. The molecule has 120 valence electrons. The SMILES string of the molecule is O=C(NCC(=O)N1CCC2(CC1)CC2)c1cc2ncccn2n1. The van der Waals surface area contributed by atoms with Gasteiger partial charge in [-0.1, -0.05) is 0 Å². The number of piperidine rings is 1. The molecule has 1 saturated carbocycles. The van der Waals surface area contributed by atoms with Crippen LogP contribution in [0.4, 0.5) is 0 Å². The number of fused-ring (bicyclic) bond motifs is 1. The molecule has 2 aromatic heterocycles. The van der Waals surface area contributed by atoms with Gasteiger partial charge in [-0.05, 0) is 37.2 Å². The number of likely N-dealkylation sites (tertiary alicyclic amines) is 1. The van der Waals surface area contributed by atoms with E-state index in [4.69, 9.17) is 0 Å². The van der Waals surface area contributed by atoms with E-state index in [1.165, 1.54) is 17.4 Å². The largest absolute Gasteiger partial charge is 0.342 e. The number of aromatic nitrogens is 3. The van der Waals surface area contributed by atoms with Crippen LogP contribution in [0.25, 0.3) is 5.65 Å². The number of carbonyl (C=O) groups is 2. The van der Waals surface area contributed by atoms with Crippen LogP contribution in [0.15, 0.2) is 24.5 Å². The van der Waals surface area contributed by atoms with Crippen LogP contribution in [0.1, 0.15) is 36.2 Å². The van der Waals surface area contributed by atoms with Crippen molar-refractivity contribution in [1.82, 2.24) is 24.8 Å². The summed E-state index contributed by atoms with van der Waals surface area (Å²) in [6.07, 6.45) is 8.20. The maximum absolute atomic E-state index is 12.2. The highest BCUT2D eigenvalue weighted by molar-refractivity contribution is 5.95. The van der Waals surface area contributed by atoms with E-state index in [9.17, 15) is 9.59 Å². The zero-order valence-electron chi connectivity index (χ0n) is 12.9. The number of nitrogens with zero attached hydrogens (tertiary/aromatic N) is 4. The molecule has 3 heterocycles. The van der Waals surface area contributed by atoms with Crippen molar-refractivity contribution in [1.29, 1.82) is 0 Å². The predicted molar refractivity (Wildman–Crippen MR) is 82.8 cm³/mol. The summed E-state index contributed by atoms with van der Waals surface area (Å²) in [5.74, 6) is -0.365. The number of carbonyl (C=O) groups excluding carboxylic acids is 2. The molecule has 2 aliphatic rings. The Kier molecular flexibility index (Phi) is 3.28. The molecule has 0 aromatic carbocycles. The monoisotopic (exact) mass is 313 g/mol. The lowest BCUT2D eigenvalue weighted by atomic mass is 9.94. The summed E-state index contributed by atoms with van der Waals surface area (Å²) in [7, 11) is 0. The zero-order chi connectivity index (χ0) is 15.9. The van der Waals surface area contributed by atoms with Crippen molar-refractivity contribution in [3.8, 4) is 0 Å². The van der Waals surface area contributed by atoms with E-state index >= 15 is 0 Å². The van der Waals surface area contributed by atoms with Crippen molar-refractivity contribution in [2.75, 3.05) is 19.6 Å². The molecule has 23 heavy (non-hydrogen) atoms. The Bertz CT molecular complexity index is 722. The highest BCUT2D eigenvalue weighted by atomic mass is 16.2. The molecular formula is C16H19N5O2. The molecule has 7 heteroatoms. The molecule has 1 aliphatic carbocycles. The van der Waals surface area contributed by atoms with Gasteiger partial charge in [-0.2, -0.15) is 5.10 Å². The van der Waals surface area contributed by atoms with Gasteiger partial charge in [0, 0.05) is 31.5 Å². The first-order valence-electron chi connectivity index (χ1n) is 8.02. The molecule has 0 unspecified atom stereocenters. The third kappa shape index (κ3) is 2.78. The van der Waals surface area contributed by atoms with Crippen LogP contribution < -0.4 is 5.32 Å². The van der Waals surface area contributed by atoms with Gasteiger partial charge in [-0.3, -0.25) is 9.59 Å². The van der Waals surface area contributed by atoms with Crippen molar-refractivity contribution in [2.45, 2.75) is 25.7 Å². The van der Waals surface area contributed by atoms with Crippen molar-refractivity contribution >= 4 is 17.5 Å². The lowest BCUT2D eigenvalue weighted by molar-refractivity contribution is -0.131. The fourth-order valence-electron chi connectivity index (χ4n) is 3.21. The van der Waals surface area contributed by atoms with E-state index in [0.717, 1.165) is 25.9 Å². The summed E-state index contributed by atoms with van der Waals surface area (Å²) in [5, 5.41) is 6.81. The van der Waals surface area contributed by atoms with E-state index in [1.807, 2.05) is 4.90 Å². The standard InChI is InChI=1S/C16H19N5O2/c22-14(20-8-4-16(2-3-16)5-9-20)11-18-15(23)12-10-13-17-6-1-7-21(13)19-12/h1,6-7,10H,2-5,8-9,11H2,(H,18,23). The summed E-state index contributed by atoms with van der Waals surface area (Å²) in [6, 6.07) is 3.35. The van der Waals surface area contributed by atoms with E-state index in [1.54, 1.807) is 24.5 Å². The summed E-state index contributed by atoms with van der Waals surface area (Å²) in [6.45, 7) is 1.65. The normalized spacial score (nSPS) is 19.0. The second-order valence-electron chi connectivity index (χ2n) is 6.52.